The number of nitrogens with zero attached hydrogens (tertiary/aromatic N) is 1. The van der Waals surface area contributed by atoms with E-state index in [0.717, 1.165) is 0 Å². The van der Waals surface area contributed by atoms with Gasteiger partial charge in [0.25, 0.3) is 0 Å². The third-order valence-electron chi connectivity index (χ3n) is 3.52. The average Bonchev–Trinajstić information content (AvgIpc) is 2.86. The minimum Gasteiger partial charge on any atom is -0.493 e. The minimum absolute atomic E-state index is 0.0692. The van der Waals surface area contributed by atoms with Crippen LogP contribution in [-0.2, 0) is 4.79 Å². The molecule has 1 aromatic rings. The van der Waals surface area contributed by atoms with Crippen molar-refractivity contribution in [1.82, 2.24) is 4.90 Å². The minimum atomic E-state index is -1.04. The van der Waals surface area contributed by atoms with Crippen molar-refractivity contribution in [2.75, 3.05) is 19.8 Å². The summed E-state index contributed by atoms with van der Waals surface area (Å²) in [7, 11) is 0. The Kier molecular flexibility index (Phi) is 4.95. The number of halogens is 1. The topological polar surface area (TPSA) is 49.8 Å². The van der Waals surface area contributed by atoms with Gasteiger partial charge in [-0.05, 0) is 12.1 Å². The summed E-state index contributed by atoms with van der Waals surface area (Å²) in [6.07, 6.45) is -0.826. The van der Waals surface area contributed by atoms with Crippen LogP contribution in [0.25, 0.3) is 0 Å². The molecule has 2 rings (SSSR count). The fraction of sp³-hybridized carbons (Fsp3) is 0.533. The first-order valence-electron chi connectivity index (χ1n) is 6.85. The summed E-state index contributed by atoms with van der Waals surface area (Å²) in [4.78, 5) is 13.7. The number of likely N-dealkylation sites (tertiary alicyclic amines) is 1. The Bertz CT molecular complexity index is 440. The highest BCUT2D eigenvalue weighted by Gasteiger charge is 2.36. The van der Waals surface area contributed by atoms with Gasteiger partial charge in [0.05, 0.1) is 31.7 Å². The first kappa shape index (κ1) is 14.8. The Morgan fingerprint density at radius 2 is 2.20 bits per heavy atom. The van der Waals surface area contributed by atoms with Gasteiger partial charge >= 0.3 is 0 Å². The van der Waals surface area contributed by atoms with Gasteiger partial charge in [-0.2, -0.15) is 0 Å². The molecule has 1 heterocycles. The molecule has 1 aromatic carbocycles. The quantitative estimate of drug-likeness (QED) is 0.892. The smallest absolute Gasteiger partial charge is 0.229 e. The van der Waals surface area contributed by atoms with Gasteiger partial charge < -0.3 is 14.7 Å². The molecule has 1 amide bonds. The highest BCUT2D eigenvalue weighted by molar-refractivity contribution is 5.79. The fourth-order valence-electron chi connectivity index (χ4n) is 2.39. The van der Waals surface area contributed by atoms with E-state index in [1.165, 1.54) is 4.90 Å². The van der Waals surface area contributed by atoms with E-state index in [9.17, 15) is 14.3 Å². The SMILES string of the molecule is CC(COc1ccccc1)C(=O)N1CC(F)CC1CO. The second-order valence-electron chi connectivity index (χ2n) is 5.19. The number of benzene rings is 1. The molecule has 110 valence electrons. The number of rotatable bonds is 5. The van der Waals surface area contributed by atoms with Gasteiger partial charge in [-0.25, -0.2) is 4.39 Å². The summed E-state index contributed by atoms with van der Waals surface area (Å²) in [5.41, 5.74) is 0. The zero-order chi connectivity index (χ0) is 14.5. The summed E-state index contributed by atoms with van der Waals surface area (Å²) < 4.78 is 18.9. The van der Waals surface area contributed by atoms with Gasteiger partial charge in [0.2, 0.25) is 5.91 Å². The Balaban J connectivity index is 1.88. The molecule has 0 spiro atoms. The molecule has 3 unspecified atom stereocenters. The predicted octanol–water partition coefficient (Wildman–Crippen LogP) is 1.63. The van der Waals surface area contributed by atoms with Crippen LogP contribution in [0.1, 0.15) is 13.3 Å². The van der Waals surface area contributed by atoms with Crippen molar-refractivity contribution in [1.29, 1.82) is 0 Å². The van der Waals surface area contributed by atoms with E-state index in [-0.39, 0.29) is 38.0 Å². The Morgan fingerprint density at radius 1 is 1.50 bits per heavy atom. The fourth-order valence-corrected chi connectivity index (χ4v) is 2.39. The van der Waals surface area contributed by atoms with E-state index >= 15 is 0 Å². The molecular formula is C15H20FNO3. The van der Waals surface area contributed by atoms with E-state index in [1.807, 2.05) is 30.3 Å². The molecule has 0 aromatic heterocycles. The largest absolute Gasteiger partial charge is 0.493 e. The van der Waals surface area contributed by atoms with Crippen molar-refractivity contribution in [2.24, 2.45) is 5.92 Å². The molecule has 0 bridgehead atoms. The predicted molar refractivity (Wildman–Crippen MR) is 73.2 cm³/mol. The summed E-state index contributed by atoms with van der Waals surface area (Å²) in [6, 6.07) is 8.84. The van der Waals surface area contributed by atoms with Crippen LogP contribution in [0, 0.1) is 5.92 Å². The average molecular weight is 281 g/mol. The van der Waals surface area contributed by atoms with Gasteiger partial charge in [0, 0.05) is 6.42 Å². The second kappa shape index (κ2) is 6.70. The number of hydrogen-bond donors (Lipinski definition) is 1. The number of carbonyl (C=O) groups excluding carboxylic acids is 1. The van der Waals surface area contributed by atoms with Crippen molar-refractivity contribution in [2.45, 2.75) is 25.6 Å². The normalized spacial score (nSPS) is 23.6. The molecule has 1 fully saturated rings. The van der Waals surface area contributed by atoms with Crippen molar-refractivity contribution in [3.05, 3.63) is 30.3 Å². The van der Waals surface area contributed by atoms with Crippen LogP contribution >= 0.6 is 0 Å². The van der Waals surface area contributed by atoms with E-state index in [4.69, 9.17) is 4.74 Å². The summed E-state index contributed by atoms with van der Waals surface area (Å²) in [6.45, 7) is 1.87. The zero-order valence-electron chi connectivity index (χ0n) is 11.5. The molecule has 5 heteroatoms. The van der Waals surface area contributed by atoms with Crippen LogP contribution in [0.4, 0.5) is 4.39 Å². The van der Waals surface area contributed by atoms with E-state index in [1.54, 1.807) is 6.92 Å². The standard InChI is InChI=1S/C15H20FNO3/c1-11(10-20-14-5-3-2-4-6-14)15(19)17-8-12(16)7-13(17)9-18/h2-6,11-13,18H,7-10H2,1H3. The zero-order valence-corrected chi connectivity index (χ0v) is 11.5. The molecule has 3 atom stereocenters. The van der Waals surface area contributed by atoms with Gasteiger partial charge in [-0.15, -0.1) is 0 Å². The number of aliphatic hydroxyl groups excluding tert-OH is 1. The van der Waals surface area contributed by atoms with E-state index < -0.39 is 12.2 Å². The van der Waals surface area contributed by atoms with Crippen LogP contribution < -0.4 is 4.74 Å². The monoisotopic (exact) mass is 281 g/mol. The molecule has 1 N–H and O–H groups in total. The van der Waals surface area contributed by atoms with Crippen LogP contribution in [-0.4, -0.2) is 47.9 Å². The Hall–Kier alpha value is -1.62. The number of carbonyl (C=O) groups is 1. The maximum atomic E-state index is 13.3. The number of ether oxygens (including phenoxy) is 1. The molecule has 20 heavy (non-hydrogen) atoms. The maximum Gasteiger partial charge on any atom is 0.229 e. The molecule has 1 aliphatic heterocycles. The maximum absolute atomic E-state index is 13.3. The summed E-state index contributed by atoms with van der Waals surface area (Å²) in [5.74, 6) is 0.172. The van der Waals surface area contributed by atoms with Gasteiger partial charge in [-0.3, -0.25) is 4.79 Å². The number of hydrogen-bond acceptors (Lipinski definition) is 3. The number of para-hydroxylation sites is 1. The van der Waals surface area contributed by atoms with E-state index in [2.05, 4.69) is 0 Å². The van der Waals surface area contributed by atoms with Gasteiger partial charge in [0.1, 0.15) is 11.9 Å². The third-order valence-corrected chi connectivity index (χ3v) is 3.52. The molecule has 1 aliphatic rings. The number of aliphatic hydroxyl groups is 1. The van der Waals surface area contributed by atoms with Gasteiger partial charge in [0.15, 0.2) is 0 Å². The second-order valence-corrected chi connectivity index (χ2v) is 5.19. The Labute approximate surface area is 118 Å². The molecule has 0 radical (unpaired) electrons. The van der Waals surface area contributed by atoms with Gasteiger partial charge in [-0.1, -0.05) is 25.1 Å². The highest BCUT2D eigenvalue weighted by Crippen LogP contribution is 2.22. The lowest BCUT2D eigenvalue weighted by molar-refractivity contribution is -0.137. The van der Waals surface area contributed by atoms with Crippen LogP contribution in [0.2, 0.25) is 0 Å². The number of amides is 1. The molecule has 1 saturated heterocycles. The van der Waals surface area contributed by atoms with Crippen molar-refractivity contribution in [3.8, 4) is 5.75 Å². The van der Waals surface area contributed by atoms with Crippen molar-refractivity contribution >= 4 is 5.91 Å². The lowest BCUT2D eigenvalue weighted by Gasteiger charge is -2.25. The van der Waals surface area contributed by atoms with Crippen LogP contribution in [0.15, 0.2) is 30.3 Å². The first-order chi connectivity index (χ1) is 9.61. The Morgan fingerprint density at radius 3 is 2.85 bits per heavy atom. The summed E-state index contributed by atoms with van der Waals surface area (Å²) in [5, 5.41) is 9.20. The van der Waals surface area contributed by atoms with Crippen molar-refractivity contribution < 1.29 is 19.0 Å². The summed E-state index contributed by atoms with van der Waals surface area (Å²) >= 11 is 0. The molecule has 0 aliphatic carbocycles. The molecule has 0 saturated carbocycles. The molecular weight excluding hydrogens is 261 g/mol. The first-order valence-corrected chi connectivity index (χ1v) is 6.85. The third kappa shape index (κ3) is 3.48. The molecule has 4 nitrogen and oxygen atoms in total. The highest BCUT2D eigenvalue weighted by atomic mass is 19.1. The lowest BCUT2D eigenvalue weighted by Crippen LogP contribution is -2.42. The van der Waals surface area contributed by atoms with Crippen LogP contribution in [0.5, 0.6) is 5.75 Å². The van der Waals surface area contributed by atoms with E-state index in [0.29, 0.717) is 5.75 Å². The number of alkyl halides is 1. The van der Waals surface area contributed by atoms with Crippen LogP contribution in [0.3, 0.4) is 0 Å². The van der Waals surface area contributed by atoms with Crippen molar-refractivity contribution in [3.63, 3.8) is 0 Å². The lowest BCUT2D eigenvalue weighted by atomic mass is 10.1.